The van der Waals surface area contributed by atoms with Crippen LogP contribution in [0.15, 0.2) is 24.3 Å². The first-order valence-electron chi connectivity index (χ1n) is 6.13. The number of rotatable bonds is 5. The fourth-order valence-corrected chi connectivity index (χ4v) is 3.67. The van der Waals surface area contributed by atoms with E-state index >= 15 is 0 Å². The zero-order valence-corrected chi connectivity index (χ0v) is 11.9. The number of benzene rings is 1. The molecule has 3 heteroatoms. The van der Waals surface area contributed by atoms with Crippen molar-refractivity contribution in [1.82, 2.24) is 4.98 Å². The van der Waals surface area contributed by atoms with Gasteiger partial charge in [0, 0.05) is 12.3 Å². The minimum absolute atomic E-state index is 0.218. The van der Waals surface area contributed by atoms with Gasteiger partial charge in [-0.15, -0.1) is 22.9 Å². The molecule has 2 aromatic rings. The van der Waals surface area contributed by atoms with Crippen LogP contribution < -0.4 is 0 Å². The van der Waals surface area contributed by atoms with Gasteiger partial charge in [0.15, 0.2) is 0 Å². The average molecular weight is 268 g/mol. The molecule has 0 unspecified atom stereocenters. The Labute approximate surface area is 112 Å². The van der Waals surface area contributed by atoms with Crippen LogP contribution in [0.1, 0.15) is 31.7 Å². The Balaban J connectivity index is 2.28. The van der Waals surface area contributed by atoms with Gasteiger partial charge in [-0.05, 0) is 30.4 Å². The van der Waals surface area contributed by atoms with Crippen LogP contribution in [-0.4, -0.2) is 10.9 Å². The minimum atomic E-state index is 0.218. The van der Waals surface area contributed by atoms with E-state index in [-0.39, 0.29) is 5.41 Å². The van der Waals surface area contributed by atoms with E-state index in [1.165, 1.54) is 9.71 Å². The lowest BCUT2D eigenvalue weighted by Crippen LogP contribution is -2.23. The summed E-state index contributed by atoms with van der Waals surface area (Å²) in [5.74, 6) is 0.718. The second kappa shape index (κ2) is 5.36. The van der Waals surface area contributed by atoms with E-state index in [0.29, 0.717) is 0 Å². The topological polar surface area (TPSA) is 12.9 Å². The molecule has 0 aliphatic carbocycles. The molecule has 0 bridgehead atoms. The second-order valence-corrected chi connectivity index (χ2v) is 5.98. The van der Waals surface area contributed by atoms with Crippen molar-refractivity contribution < 1.29 is 0 Å². The molecular formula is C14H18ClNS. The normalized spacial score (nSPS) is 12.2. The number of thiazole rings is 1. The molecular weight excluding hydrogens is 250 g/mol. The monoisotopic (exact) mass is 267 g/mol. The number of hydrogen-bond acceptors (Lipinski definition) is 2. The lowest BCUT2D eigenvalue weighted by atomic mass is 9.81. The summed E-state index contributed by atoms with van der Waals surface area (Å²) < 4.78 is 1.28. The Morgan fingerprint density at radius 1 is 1.24 bits per heavy atom. The van der Waals surface area contributed by atoms with Crippen molar-refractivity contribution in [3.05, 3.63) is 29.3 Å². The third kappa shape index (κ3) is 2.63. The van der Waals surface area contributed by atoms with Gasteiger partial charge < -0.3 is 0 Å². The number of nitrogens with zero attached hydrogens (tertiary/aromatic N) is 1. The Morgan fingerprint density at radius 2 is 1.94 bits per heavy atom. The molecule has 0 aliphatic heterocycles. The van der Waals surface area contributed by atoms with Gasteiger partial charge in [0.05, 0.1) is 15.2 Å². The molecule has 1 aromatic heterocycles. The zero-order chi connectivity index (χ0) is 12.3. The van der Waals surface area contributed by atoms with Crippen LogP contribution in [0.4, 0.5) is 0 Å². The smallest absolute Gasteiger partial charge is 0.0944 e. The summed E-state index contributed by atoms with van der Waals surface area (Å²) in [4.78, 5) is 4.70. The Kier molecular flexibility index (Phi) is 4.05. The molecule has 0 amide bonds. The van der Waals surface area contributed by atoms with E-state index in [4.69, 9.17) is 16.6 Å². The molecule has 0 fully saturated rings. The quantitative estimate of drug-likeness (QED) is 0.704. The highest BCUT2D eigenvalue weighted by Crippen LogP contribution is 2.34. The highest BCUT2D eigenvalue weighted by Gasteiger charge is 2.26. The lowest BCUT2D eigenvalue weighted by molar-refractivity contribution is 0.301. The molecule has 92 valence electrons. The summed E-state index contributed by atoms with van der Waals surface area (Å²) in [6, 6.07) is 8.32. The summed E-state index contributed by atoms with van der Waals surface area (Å²) in [5, 5.41) is 1.22. The molecule has 17 heavy (non-hydrogen) atoms. The van der Waals surface area contributed by atoms with Gasteiger partial charge in [0.1, 0.15) is 0 Å². The van der Waals surface area contributed by atoms with Crippen LogP contribution in [0.2, 0.25) is 0 Å². The van der Waals surface area contributed by atoms with Crippen molar-refractivity contribution in [3.63, 3.8) is 0 Å². The molecule has 2 rings (SSSR count). The van der Waals surface area contributed by atoms with Gasteiger partial charge in [-0.1, -0.05) is 26.0 Å². The number of para-hydroxylation sites is 1. The van der Waals surface area contributed by atoms with Crippen molar-refractivity contribution in [2.75, 3.05) is 5.88 Å². The van der Waals surface area contributed by atoms with Crippen molar-refractivity contribution in [1.29, 1.82) is 0 Å². The Hall–Kier alpha value is -0.600. The van der Waals surface area contributed by atoms with Gasteiger partial charge in [-0.25, -0.2) is 4.98 Å². The van der Waals surface area contributed by atoms with Crippen molar-refractivity contribution in [3.8, 4) is 0 Å². The Bertz CT molecular complexity index is 446. The summed E-state index contributed by atoms with van der Waals surface area (Å²) >= 11 is 7.95. The first-order chi connectivity index (χ1) is 8.23. The van der Waals surface area contributed by atoms with Gasteiger partial charge in [-0.3, -0.25) is 0 Å². The first kappa shape index (κ1) is 12.8. The highest BCUT2D eigenvalue weighted by molar-refractivity contribution is 7.18. The molecule has 0 saturated heterocycles. The number of hydrogen-bond donors (Lipinski definition) is 0. The number of alkyl halides is 1. The number of aromatic nitrogens is 1. The minimum Gasteiger partial charge on any atom is -0.241 e. The van der Waals surface area contributed by atoms with E-state index < -0.39 is 0 Å². The van der Waals surface area contributed by atoms with Crippen LogP contribution >= 0.6 is 22.9 Å². The van der Waals surface area contributed by atoms with Crippen molar-refractivity contribution >= 4 is 33.2 Å². The van der Waals surface area contributed by atoms with Crippen LogP contribution in [0.3, 0.4) is 0 Å². The molecule has 1 aromatic carbocycles. The maximum atomic E-state index is 6.15. The van der Waals surface area contributed by atoms with Crippen molar-refractivity contribution in [2.45, 2.75) is 33.1 Å². The largest absolute Gasteiger partial charge is 0.241 e. The van der Waals surface area contributed by atoms with Crippen LogP contribution in [0, 0.1) is 5.41 Å². The van der Waals surface area contributed by atoms with E-state index in [9.17, 15) is 0 Å². The van der Waals surface area contributed by atoms with Crippen molar-refractivity contribution in [2.24, 2.45) is 5.41 Å². The standard InChI is InChI=1S/C14H18ClNS/c1-3-14(4-2,10-15)9-13-16-11-7-5-6-8-12(11)17-13/h5-8H,3-4,9-10H2,1-2H3. The van der Waals surface area contributed by atoms with Gasteiger partial charge >= 0.3 is 0 Å². The third-order valence-corrected chi connectivity index (χ3v) is 5.25. The van der Waals surface area contributed by atoms with Crippen LogP contribution in [-0.2, 0) is 6.42 Å². The Morgan fingerprint density at radius 3 is 2.53 bits per heavy atom. The van der Waals surface area contributed by atoms with E-state index in [1.807, 2.05) is 6.07 Å². The second-order valence-electron chi connectivity index (χ2n) is 4.59. The maximum absolute atomic E-state index is 6.15. The van der Waals surface area contributed by atoms with E-state index in [1.54, 1.807) is 11.3 Å². The number of halogens is 1. The molecule has 0 radical (unpaired) electrons. The number of fused-ring (bicyclic) bond motifs is 1. The van der Waals surface area contributed by atoms with E-state index in [0.717, 1.165) is 30.7 Å². The lowest BCUT2D eigenvalue weighted by Gasteiger charge is -2.28. The SMILES string of the molecule is CCC(CC)(CCl)Cc1nc2ccccc2s1. The third-order valence-electron chi connectivity index (χ3n) is 3.65. The predicted molar refractivity (Wildman–Crippen MR) is 77.1 cm³/mol. The molecule has 1 heterocycles. The highest BCUT2D eigenvalue weighted by atomic mass is 35.5. The molecule has 1 nitrogen and oxygen atoms in total. The molecule has 0 spiro atoms. The molecule has 0 saturated carbocycles. The summed E-state index contributed by atoms with van der Waals surface area (Å²) in [5.41, 5.74) is 1.33. The fraction of sp³-hybridized carbons (Fsp3) is 0.500. The fourth-order valence-electron chi connectivity index (χ4n) is 2.05. The molecule has 0 N–H and O–H groups in total. The molecule has 0 atom stereocenters. The zero-order valence-electron chi connectivity index (χ0n) is 10.4. The van der Waals surface area contributed by atoms with Gasteiger partial charge in [-0.2, -0.15) is 0 Å². The predicted octanol–water partition coefficient (Wildman–Crippen LogP) is 4.88. The molecule has 0 aliphatic rings. The van der Waals surface area contributed by atoms with Crippen LogP contribution in [0.5, 0.6) is 0 Å². The average Bonchev–Trinajstić information content (AvgIpc) is 2.78. The van der Waals surface area contributed by atoms with Gasteiger partial charge in [0.25, 0.3) is 0 Å². The summed E-state index contributed by atoms with van der Waals surface area (Å²) in [6.45, 7) is 4.44. The first-order valence-corrected chi connectivity index (χ1v) is 7.48. The van der Waals surface area contributed by atoms with E-state index in [2.05, 4.69) is 32.0 Å². The van der Waals surface area contributed by atoms with Crippen LogP contribution in [0.25, 0.3) is 10.2 Å². The van der Waals surface area contributed by atoms with Gasteiger partial charge in [0.2, 0.25) is 0 Å². The summed E-state index contributed by atoms with van der Waals surface area (Å²) in [7, 11) is 0. The maximum Gasteiger partial charge on any atom is 0.0944 e. The summed E-state index contributed by atoms with van der Waals surface area (Å²) in [6.07, 6.45) is 3.23.